The first-order valence-corrected chi connectivity index (χ1v) is 2.80. The molecule has 0 aromatic carbocycles. The number of hydrogen-bond donors (Lipinski definition) is 0. The number of carbonyl (C=O) groups excluding carboxylic acids is 1. The molecule has 1 nitrogen and oxygen atoms in total. The third-order valence-electron chi connectivity index (χ3n) is 1.07. The molecule has 0 saturated heterocycles. The molecule has 0 radical (unpaired) electrons. The van der Waals surface area contributed by atoms with Crippen LogP contribution >= 0.6 is 23.2 Å². The highest BCUT2D eigenvalue weighted by atomic mass is 35.5. The lowest BCUT2D eigenvalue weighted by Crippen LogP contribution is -2.36. The first-order chi connectivity index (χ1) is 3.13. The van der Waals surface area contributed by atoms with E-state index in [2.05, 4.69) is 0 Å². The lowest BCUT2D eigenvalue weighted by Gasteiger charge is -2.25. The number of halogens is 2. The Morgan fingerprint density at radius 3 is 2.00 bits per heavy atom. The van der Waals surface area contributed by atoms with Gasteiger partial charge in [-0.05, 0) is 6.42 Å². The van der Waals surface area contributed by atoms with Crippen molar-refractivity contribution in [1.82, 2.24) is 0 Å². The lowest BCUT2D eigenvalue weighted by atomic mass is 9.97. The molecule has 1 saturated carbocycles. The van der Waals surface area contributed by atoms with Crippen LogP contribution < -0.4 is 0 Å². The monoisotopic (exact) mass is 138 g/mol. The summed E-state index contributed by atoms with van der Waals surface area (Å²) in [5.74, 6) is -0.0455. The van der Waals surface area contributed by atoms with E-state index >= 15 is 0 Å². The van der Waals surface area contributed by atoms with Crippen LogP contribution in [0.25, 0.3) is 0 Å². The van der Waals surface area contributed by atoms with Gasteiger partial charge in [-0.2, -0.15) is 0 Å². The van der Waals surface area contributed by atoms with Crippen LogP contribution in [0.3, 0.4) is 0 Å². The number of rotatable bonds is 0. The van der Waals surface area contributed by atoms with Crippen molar-refractivity contribution in [3.63, 3.8) is 0 Å². The van der Waals surface area contributed by atoms with E-state index < -0.39 is 4.33 Å². The predicted molar refractivity (Wildman–Crippen MR) is 28.7 cm³/mol. The zero-order chi connectivity index (χ0) is 5.49. The third kappa shape index (κ3) is 0.752. The van der Waals surface area contributed by atoms with Gasteiger partial charge in [-0.3, -0.25) is 4.79 Å². The zero-order valence-electron chi connectivity index (χ0n) is 3.58. The highest BCUT2D eigenvalue weighted by Crippen LogP contribution is 2.38. The molecule has 0 amide bonds. The Hall–Kier alpha value is 0.250. The van der Waals surface area contributed by atoms with Gasteiger partial charge >= 0.3 is 0 Å². The van der Waals surface area contributed by atoms with Crippen LogP contribution in [0, 0.1) is 0 Å². The molecule has 0 spiro atoms. The van der Waals surface area contributed by atoms with Crippen LogP contribution in [-0.4, -0.2) is 10.1 Å². The van der Waals surface area contributed by atoms with E-state index in [1.165, 1.54) is 0 Å². The Balaban J connectivity index is 2.59. The Bertz CT molecular complexity index is 108. The number of alkyl halides is 2. The van der Waals surface area contributed by atoms with Crippen LogP contribution in [0.2, 0.25) is 0 Å². The Morgan fingerprint density at radius 1 is 1.57 bits per heavy atom. The van der Waals surface area contributed by atoms with Crippen LogP contribution in [0.4, 0.5) is 0 Å². The molecule has 0 bridgehead atoms. The topological polar surface area (TPSA) is 17.1 Å². The van der Waals surface area contributed by atoms with Gasteiger partial charge in [0, 0.05) is 6.42 Å². The maximum absolute atomic E-state index is 10.3. The maximum atomic E-state index is 10.3. The van der Waals surface area contributed by atoms with Gasteiger partial charge in [0.15, 0.2) is 10.1 Å². The van der Waals surface area contributed by atoms with E-state index in [-0.39, 0.29) is 5.78 Å². The fourth-order valence-electron chi connectivity index (χ4n) is 0.416. The van der Waals surface area contributed by atoms with Crippen molar-refractivity contribution in [3.05, 3.63) is 0 Å². The zero-order valence-corrected chi connectivity index (χ0v) is 5.09. The maximum Gasteiger partial charge on any atom is 0.176 e. The summed E-state index contributed by atoms with van der Waals surface area (Å²) < 4.78 is -1.01. The molecule has 0 aromatic rings. The minimum absolute atomic E-state index is 0.0455. The molecule has 40 valence electrons. The van der Waals surface area contributed by atoms with Crippen molar-refractivity contribution < 1.29 is 4.79 Å². The Morgan fingerprint density at radius 2 is 2.00 bits per heavy atom. The molecule has 0 atom stereocenters. The normalized spacial score (nSPS) is 26.9. The molecule has 1 fully saturated rings. The van der Waals surface area contributed by atoms with E-state index in [4.69, 9.17) is 23.2 Å². The molecule has 1 rings (SSSR count). The average Bonchev–Trinajstić information content (AvgIpc) is 1.63. The van der Waals surface area contributed by atoms with E-state index in [0.717, 1.165) is 0 Å². The van der Waals surface area contributed by atoms with Gasteiger partial charge in [-0.1, -0.05) is 23.2 Å². The van der Waals surface area contributed by atoms with Gasteiger partial charge in [0.25, 0.3) is 0 Å². The number of carbonyl (C=O) groups is 1. The fraction of sp³-hybridized carbons (Fsp3) is 0.750. The smallest absolute Gasteiger partial charge is 0.176 e. The molecule has 0 aromatic heterocycles. The standard InChI is InChI=1S/C4H4Cl2O/c5-4(6)2-1-3(4)7/h1-2H2. The molecule has 1 aliphatic carbocycles. The second-order valence-corrected chi connectivity index (χ2v) is 3.11. The van der Waals surface area contributed by atoms with E-state index in [1.807, 2.05) is 0 Å². The van der Waals surface area contributed by atoms with Gasteiger partial charge in [0.05, 0.1) is 0 Å². The van der Waals surface area contributed by atoms with Crippen LogP contribution in [0.5, 0.6) is 0 Å². The molecule has 0 heterocycles. The second kappa shape index (κ2) is 1.36. The summed E-state index contributed by atoms with van der Waals surface area (Å²) in [4.78, 5) is 10.3. The van der Waals surface area contributed by atoms with Crippen molar-refractivity contribution in [1.29, 1.82) is 0 Å². The fourth-order valence-corrected chi connectivity index (χ4v) is 0.794. The largest absolute Gasteiger partial charge is 0.296 e. The first-order valence-electron chi connectivity index (χ1n) is 2.04. The SMILES string of the molecule is O=C1CCC1(Cl)Cl. The van der Waals surface area contributed by atoms with Crippen LogP contribution in [-0.2, 0) is 4.79 Å². The summed E-state index contributed by atoms with van der Waals surface area (Å²) in [7, 11) is 0. The highest BCUT2D eigenvalue weighted by molar-refractivity contribution is 6.60. The summed E-state index contributed by atoms with van der Waals surface area (Å²) in [5.41, 5.74) is 0. The van der Waals surface area contributed by atoms with Crippen molar-refractivity contribution in [2.45, 2.75) is 17.2 Å². The van der Waals surface area contributed by atoms with E-state index in [1.54, 1.807) is 0 Å². The molecule has 1 aliphatic rings. The van der Waals surface area contributed by atoms with Crippen LogP contribution in [0.1, 0.15) is 12.8 Å². The van der Waals surface area contributed by atoms with Crippen molar-refractivity contribution >= 4 is 29.0 Å². The van der Waals surface area contributed by atoms with Gasteiger partial charge < -0.3 is 0 Å². The summed E-state index contributed by atoms with van der Waals surface area (Å²) in [5, 5.41) is 0. The van der Waals surface area contributed by atoms with E-state index in [0.29, 0.717) is 12.8 Å². The third-order valence-corrected chi connectivity index (χ3v) is 1.87. The predicted octanol–water partition coefficient (Wildman–Crippen LogP) is 1.52. The van der Waals surface area contributed by atoms with Gasteiger partial charge in [-0.25, -0.2) is 0 Å². The summed E-state index contributed by atoms with van der Waals surface area (Å²) >= 11 is 10.7. The van der Waals surface area contributed by atoms with Crippen LogP contribution in [0.15, 0.2) is 0 Å². The summed E-state index contributed by atoms with van der Waals surface area (Å²) in [6, 6.07) is 0. The molecule has 0 aliphatic heterocycles. The number of Topliss-reactive ketones (excluding diaryl/α,β-unsaturated/α-hetero) is 1. The number of ketones is 1. The Kier molecular flexibility index (Phi) is 1.05. The van der Waals surface area contributed by atoms with Crippen molar-refractivity contribution in [2.75, 3.05) is 0 Å². The lowest BCUT2D eigenvalue weighted by molar-refractivity contribution is -0.124. The average molecular weight is 139 g/mol. The second-order valence-electron chi connectivity index (χ2n) is 1.63. The number of hydrogen-bond acceptors (Lipinski definition) is 1. The quantitative estimate of drug-likeness (QED) is 0.465. The van der Waals surface area contributed by atoms with Gasteiger partial charge in [0.2, 0.25) is 0 Å². The van der Waals surface area contributed by atoms with E-state index in [9.17, 15) is 4.79 Å². The molecule has 7 heavy (non-hydrogen) atoms. The molecule has 0 unspecified atom stereocenters. The minimum atomic E-state index is -1.01. The Labute approximate surface area is 51.6 Å². The minimum Gasteiger partial charge on any atom is -0.296 e. The van der Waals surface area contributed by atoms with Gasteiger partial charge in [0.1, 0.15) is 0 Å². The van der Waals surface area contributed by atoms with Crippen molar-refractivity contribution in [2.24, 2.45) is 0 Å². The highest BCUT2D eigenvalue weighted by Gasteiger charge is 2.41. The van der Waals surface area contributed by atoms with Crippen molar-refractivity contribution in [3.8, 4) is 0 Å². The molecule has 0 N–H and O–H groups in total. The molecule has 3 heteroatoms. The molecular weight excluding hydrogens is 135 g/mol. The first kappa shape index (κ1) is 5.39. The van der Waals surface area contributed by atoms with Gasteiger partial charge in [-0.15, -0.1) is 0 Å². The summed E-state index contributed by atoms with van der Waals surface area (Å²) in [6.07, 6.45) is 1.17. The summed E-state index contributed by atoms with van der Waals surface area (Å²) in [6.45, 7) is 0. The molecular formula is C4H4Cl2O.